The SMILES string of the molecule is Cc1nnc(COC(=O)c2ccccc2C(=O)c2ccc(Cl)c([N+](=O)[O-])c2)o1. The van der Waals surface area contributed by atoms with Crippen LogP contribution in [0.15, 0.2) is 46.9 Å². The summed E-state index contributed by atoms with van der Waals surface area (Å²) in [7, 11) is 0. The molecular weight excluding hydrogens is 390 g/mol. The number of nitrogens with zero attached hydrogens (tertiary/aromatic N) is 3. The molecule has 3 aromatic rings. The summed E-state index contributed by atoms with van der Waals surface area (Å²) in [6, 6.07) is 9.64. The predicted octanol–water partition coefficient (Wildman–Crippen LogP) is 3.53. The first-order valence-corrected chi connectivity index (χ1v) is 8.28. The largest absolute Gasteiger partial charge is 0.452 e. The van der Waals surface area contributed by atoms with Crippen LogP contribution >= 0.6 is 11.6 Å². The van der Waals surface area contributed by atoms with E-state index in [9.17, 15) is 19.7 Å². The highest BCUT2D eigenvalue weighted by atomic mass is 35.5. The van der Waals surface area contributed by atoms with Crippen molar-refractivity contribution in [2.45, 2.75) is 13.5 Å². The monoisotopic (exact) mass is 401 g/mol. The Labute approximate surface area is 163 Å². The quantitative estimate of drug-likeness (QED) is 0.266. The van der Waals surface area contributed by atoms with E-state index in [1.165, 1.54) is 24.3 Å². The lowest BCUT2D eigenvalue weighted by Gasteiger charge is -2.08. The molecule has 142 valence electrons. The number of hydrogen-bond donors (Lipinski definition) is 0. The van der Waals surface area contributed by atoms with E-state index < -0.39 is 22.4 Å². The maximum atomic E-state index is 12.8. The smallest absolute Gasteiger partial charge is 0.339 e. The Morgan fingerprint density at radius 2 is 1.89 bits per heavy atom. The summed E-state index contributed by atoms with van der Waals surface area (Å²) in [4.78, 5) is 35.6. The number of rotatable bonds is 6. The van der Waals surface area contributed by atoms with Crippen molar-refractivity contribution in [2.24, 2.45) is 0 Å². The van der Waals surface area contributed by atoms with Gasteiger partial charge in [0.2, 0.25) is 5.89 Å². The van der Waals surface area contributed by atoms with Crippen LogP contribution in [0.4, 0.5) is 5.69 Å². The van der Waals surface area contributed by atoms with Crippen molar-refractivity contribution in [1.29, 1.82) is 0 Å². The second kappa shape index (κ2) is 7.97. The zero-order valence-electron chi connectivity index (χ0n) is 14.4. The Morgan fingerprint density at radius 3 is 2.54 bits per heavy atom. The Morgan fingerprint density at radius 1 is 1.18 bits per heavy atom. The van der Waals surface area contributed by atoms with E-state index in [0.29, 0.717) is 5.89 Å². The zero-order valence-corrected chi connectivity index (χ0v) is 15.2. The van der Waals surface area contributed by atoms with Crippen LogP contribution in [0.1, 0.15) is 38.1 Å². The molecular formula is C18H12ClN3O6. The first-order chi connectivity index (χ1) is 13.4. The molecule has 1 heterocycles. The second-order valence-electron chi connectivity index (χ2n) is 5.59. The van der Waals surface area contributed by atoms with Gasteiger partial charge in [-0.2, -0.15) is 0 Å². The molecule has 0 aliphatic carbocycles. The van der Waals surface area contributed by atoms with Gasteiger partial charge in [0.1, 0.15) is 5.02 Å². The fourth-order valence-corrected chi connectivity index (χ4v) is 2.60. The molecule has 0 N–H and O–H groups in total. The average Bonchev–Trinajstić information content (AvgIpc) is 3.11. The summed E-state index contributed by atoms with van der Waals surface area (Å²) in [6.07, 6.45) is 0. The molecule has 3 rings (SSSR count). The van der Waals surface area contributed by atoms with E-state index in [-0.39, 0.29) is 34.2 Å². The lowest BCUT2D eigenvalue weighted by atomic mass is 9.98. The molecule has 2 aromatic carbocycles. The van der Waals surface area contributed by atoms with Gasteiger partial charge in [-0.3, -0.25) is 14.9 Å². The van der Waals surface area contributed by atoms with Crippen LogP contribution in [-0.4, -0.2) is 26.9 Å². The molecule has 0 spiro atoms. The molecule has 0 unspecified atom stereocenters. The molecule has 0 amide bonds. The standard InChI is InChI=1S/C18H12ClN3O6/c1-10-20-21-16(28-10)9-27-18(24)13-5-3-2-4-12(13)17(23)11-6-7-14(19)15(8-11)22(25)26/h2-8H,9H2,1H3. The third kappa shape index (κ3) is 4.04. The van der Waals surface area contributed by atoms with Gasteiger partial charge in [-0.15, -0.1) is 10.2 Å². The minimum atomic E-state index is -0.775. The molecule has 0 saturated carbocycles. The highest BCUT2D eigenvalue weighted by Crippen LogP contribution is 2.27. The third-order valence-corrected chi connectivity index (χ3v) is 4.01. The van der Waals surface area contributed by atoms with Crippen molar-refractivity contribution in [3.63, 3.8) is 0 Å². The molecule has 0 aliphatic heterocycles. The number of ketones is 1. The number of hydrogen-bond acceptors (Lipinski definition) is 8. The zero-order chi connectivity index (χ0) is 20.3. The van der Waals surface area contributed by atoms with Crippen molar-refractivity contribution in [3.8, 4) is 0 Å². The number of halogens is 1. The molecule has 10 heteroatoms. The topological polar surface area (TPSA) is 125 Å². The van der Waals surface area contributed by atoms with Gasteiger partial charge in [-0.05, 0) is 18.2 Å². The van der Waals surface area contributed by atoms with Gasteiger partial charge < -0.3 is 9.15 Å². The van der Waals surface area contributed by atoms with Crippen molar-refractivity contribution in [3.05, 3.63) is 86.1 Å². The number of carbonyl (C=O) groups excluding carboxylic acids is 2. The minimum absolute atomic E-state index is 0.00124. The fourth-order valence-electron chi connectivity index (χ4n) is 2.41. The maximum absolute atomic E-state index is 12.8. The molecule has 0 saturated heterocycles. The lowest BCUT2D eigenvalue weighted by Crippen LogP contribution is -2.13. The summed E-state index contributed by atoms with van der Waals surface area (Å²) < 4.78 is 10.2. The molecule has 0 bridgehead atoms. The Balaban J connectivity index is 1.87. The Bertz CT molecular complexity index is 1080. The normalized spacial score (nSPS) is 10.5. The van der Waals surface area contributed by atoms with Crippen molar-refractivity contribution in [1.82, 2.24) is 10.2 Å². The van der Waals surface area contributed by atoms with Gasteiger partial charge in [-0.25, -0.2) is 4.79 Å². The summed E-state index contributed by atoms with van der Waals surface area (Å²) in [5, 5.41) is 18.3. The predicted molar refractivity (Wildman–Crippen MR) is 96.1 cm³/mol. The molecule has 28 heavy (non-hydrogen) atoms. The number of nitro benzene ring substituents is 1. The number of ether oxygens (including phenoxy) is 1. The molecule has 9 nitrogen and oxygen atoms in total. The van der Waals surface area contributed by atoms with E-state index >= 15 is 0 Å². The van der Waals surface area contributed by atoms with Gasteiger partial charge >= 0.3 is 5.97 Å². The number of esters is 1. The summed E-state index contributed by atoms with van der Waals surface area (Å²) >= 11 is 5.78. The summed E-state index contributed by atoms with van der Waals surface area (Å²) in [6.45, 7) is 1.34. The first kappa shape index (κ1) is 19.2. The highest BCUT2D eigenvalue weighted by molar-refractivity contribution is 6.33. The first-order valence-electron chi connectivity index (χ1n) is 7.90. The van der Waals surface area contributed by atoms with Crippen LogP contribution in [0, 0.1) is 17.0 Å². The molecule has 0 fully saturated rings. The second-order valence-corrected chi connectivity index (χ2v) is 6.00. The van der Waals surface area contributed by atoms with Crippen LogP contribution in [-0.2, 0) is 11.3 Å². The van der Waals surface area contributed by atoms with Crippen LogP contribution in [0.5, 0.6) is 0 Å². The van der Waals surface area contributed by atoms with E-state index in [1.54, 1.807) is 19.1 Å². The number of aryl methyl sites for hydroxylation is 1. The molecule has 0 atom stereocenters. The van der Waals surface area contributed by atoms with Gasteiger partial charge in [0.05, 0.1) is 10.5 Å². The molecule has 0 radical (unpaired) electrons. The number of benzene rings is 2. The Kier molecular flexibility index (Phi) is 5.46. The van der Waals surface area contributed by atoms with Gasteiger partial charge in [0.25, 0.3) is 11.6 Å². The number of nitro groups is 1. The maximum Gasteiger partial charge on any atom is 0.339 e. The van der Waals surface area contributed by atoms with E-state index in [4.69, 9.17) is 20.8 Å². The van der Waals surface area contributed by atoms with Gasteiger partial charge in [0.15, 0.2) is 12.4 Å². The summed E-state index contributed by atoms with van der Waals surface area (Å²) in [5.41, 5.74) is -0.351. The van der Waals surface area contributed by atoms with Crippen LogP contribution in [0.2, 0.25) is 5.02 Å². The van der Waals surface area contributed by atoms with Crippen LogP contribution in [0.3, 0.4) is 0 Å². The average molecular weight is 402 g/mol. The van der Waals surface area contributed by atoms with E-state index in [2.05, 4.69) is 10.2 Å². The van der Waals surface area contributed by atoms with Gasteiger partial charge in [0, 0.05) is 24.1 Å². The van der Waals surface area contributed by atoms with Gasteiger partial charge in [-0.1, -0.05) is 29.8 Å². The fraction of sp³-hybridized carbons (Fsp3) is 0.111. The third-order valence-electron chi connectivity index (χ3n) is 3.69. The van der Waals surface area contributed by atoms with E-state index in [0.717, 1.165) is 6.07 Å². The molecule has 0 aliphatic rings. The number of aromatic nitrogens is 2. The van der Waals surface area contributed by atoms with Crippen LogP contribution in [0.25, 0.3) is 0 Å². The highest BCUT2D eigenvalue weighted by Gasteiger charge is 2.22. The Hall–Kier alpha value is -3.59. The van der Waals surface area contributed by atoms with Crippen molar-refractivity contribution < 1.29 is 23.7 Å². The minimum Gasteiger partial charge on any atom is -0.452 e. The lowest BCUT2D eigenvalue weighted by molar-refractivity contribution is -0.384. The van der Waals surface area contributed by atoms with Crippen molar-refractivity contribution in [2.75, 3.05) is 0 Å². The molecule has 1 aromatic heterocycles. The number of carbonyl (C=O) groups is 2. The van der Waals surface area contributed by atoms with E-state index in [1.807, 2.05) is 0 Å². The van der Waals surface area contributed by atoms with Crippen LogP contribution < -0.4 is 0 Å². The van der Waals surface area contributed by atoms with Crippen molar-refractivity contribution >= 4 is 29.0 Å². The summed E-state index contributed by atoms with van der Waals surface area (Å²) in [5.74, 6) is -0.918.